The van der Waals surface area contributed by atoms with Gasteiger partial charge in [-0.15, -0.1) is 0 Å². The number of carbonyl (C=O) groups excluding carboxylic acids is 1. The Hall–Kier alpha value is -2.79. The first kappa shape index (κ1) is 19.5. The van der Waals surface area contributed by atoms with Crippen molar-refractivity contribution < 1.29 is 18.9 Å². The number of carbonyl (C=O) groups is 1. The topological polar surface area (TPSA) is 94.9 Å². The summed E-state index contributed by atoms with van der Waals surface area (Å²) in [5, 5.41) is 11.2. The zero-order chi connectivity index (χ0) is 20.5. The minimum Gasteiger partial charge on any atom is -0.456 e. The summed E-state index contributed by atoms with van der Waals surface area (Å²) >= 11 is 5.62. The lowest BCUT2D eigenvalue weighted by molar-refractivity contribution is -0.384. The van der Waals surface area contributed by atoms with Gasteiger partial charge in [0.1, 0.15) is 11.5 Å². The molecule has 9 heteroatoms. The van der Waals surface area contributed by atoms with E-state index in [4.69, 9.17) is 9.15 Å². The molecule has 7 nitrogen and oxygen atoms in total. The van der Waals surface area contributed by atoms with E-state index in [1.54, 1.807) is 36.4 Å². The van der Waals surface area contributed by atoms with Crippen LogP contribution < -0.4 is 0 Å². The van der Waals surface area contributed by atoms with Gasteiger partial charge in [0.25, 0.3) is 5.69 Å². The van der Waals surface area contributed by atoms with Crippen LogP contribution in [-0.2, 0) is 9.53 Å². The van der Waals surface area contributed by atoms with Crippen molar-refractivity contribution >= 4 is 62.2 Å². The molecule has 0 saturated heterocycles. The first-order valence-electron chi connectivity index (χ1n) is 8.24. The highest BCUT2D eigenvalue weighted by atomic mass is 127. The molecule has 2 aromatic carbocycles. The number of furan rings is 1. The lowest BCUT2D eigenvalue weighted by atomic mass is 10.1. The Morgan fingerprint density at radius 1 is 1.14 bits per heavy atom. The fraction of sp³-hybridized carbons (Fsp3) is 0. The van der Waals surface area contributed by atoms with Gasteiger partial charge in [0, 0.05) is 25.7 Å². The Morgan fingerprint density at radius 3 is 2.69 bits per heavy atom. The highest BCUT2D eigenvalue weighted by Gasteiger charge is 2.25. The molecule has 0 N–H and O–H groups in total. The second-order valence-corrected chi connectivity index (χ2v) is 7.96. The Kier molecular flexibility index (Phi) is 5.33. The number of hydrogen-bond acceptors (Lipinski definition) is 6. The number of esters is 1. The van der Waals surface area contributed by atoms with Gasteiger partial charge in [-0.3, -0.25) is 10.1 Å². The quantitative estimate of drug-likeness (QED) is 0.136. The third kappa shape index (κ3) is 4.01. The second-order valence-electron chi connectivity index (χ2n) is 5.94. The van der Waals surface area contributed by atoms with Gasteiger partial charge in [-0.2, -0.15) is 0 Å². The van der Waals surface area contributed by atoms with Crippen LogP contribution in [0.3, 0.4) is 0 Å². The first-order chi connectivity index (χ1) is 13.9. The molecule has 144 valence electrons. The minimum absolute atomic E-state index is 0.0640. The number of rotatable bonds is 4. The predicted molar refractivity (Wildman–Crippen MR) is 118 cm³/mol. The van der Waals surface area contributed by atoms with E-state index in [9.17, 15) is 14.9 Å². The van der Waals surface area contributed by atoms with Gasteiger partial charge < -0.3 is 9.15 Å². The standard InChI is InChI=1S/C20H10BrIN2O5/c21-14-9-11(5-7-15(14)22)19-23-16(20(25)29-19)10-12-6-8-18(28-12)13-3-1-2-4-17(13)24(26)27/h1-10H/b16-10-. The Balaban J connectivity index is 1.65. The van der Waals surface area contributed by atoms with E-state index in [0.717, 1.165) is 8.04 Å². The molecule has 0 bridgehead atoms. The molecule has 3 aromatic rings. The van der Waals surface area contributed by atoms with Crippen LogP contribution in [0.4, 0.5) is 5.69 Å². The van der Waals surface area contributed by atoms with E-state index in [2.05, 4.69) is 43.5 Å². The predicted octanol–water partition coefficient (Wildman–Crippen LogP) is 5.57. The van der Waals surface area contributed by atoms with Gasteiger partial charge in [-0.1, -0.05) is 12.1 Å². The van der Waals surface area contributed by atoms with Crippen LogP contribution in [0.2, 0.25) is 0 Å². The molecular formula is C20H10BrIN2O5. The molecule has 1 aliphatic heterocycles. The monoisotopic (exact) mass is 564 g/mol. The van der Waals surface area contributed by atoms with Gasteiger partial charge in [-0.05, 0) is 74.9 Å². The van der Waals surface area contributed by atoms with Gasteiger partial charge in [0.2, 0.25) is 5.90 Å². The molecule has 1 aliphatic rings. The number of aliphatic imine (C=N–C) groups is 1. The zero-order valence-electron chi connectivity index (χ0n) is 14.5. The summed E-state index contributed by atoms with van der Waals surface area (Å²) in [6.45, 7) is 0. The number of nitrogens with zero attached hydrogens (tertiary/aromatic N) is 2. The van der Waals surface area contributed by atoms with Crippen molar-refractivity contribution in [2.75, 3.05) is 0 Å². The Morgan fingerprint density at radius 2 is 1.93 bits per heavy atom. The van der Waals surface area contributed by atoms with Crippen LogP contribution in [0.15, 0.2) is 74.2 Å². The SMILES string of the molecule is O=C1OC(c2ccc(I)c(Br)c2)=N/C1=C\c1ccc(-c2ccccc2[N+](=O)[O-])o1. The van der Waals surface area contributed by atoms with Gasteiger partial charge in [-0.25, -0.2) is 9.79 Å². The number of ether oxygens (including phenoxy) is 1. The average molecular weight is 565 g/mol. The molecule has 0 unspecified atom stereocenters. The van der Waals surface area contributed by atoms with Crippen molar-refractivity contribution in [3.05, 3.63) is 89.8 Å². The van der Waals surface area contributed by atoms with Gasteiger partial charge >= 0.3 is 5.97 Å². The molecule has 0 atom stereocenters. The molecule has 0 amide bonds. The van der Waals surface area contributed by atoms with Crippen molar-refractivity contribution in [3.8, 4) is 11.3 Å². The number of hydrogen-bond donors (Lipinski definition) is 0. The smallest absolute Gasteiger partial charge is 0.363 e. The van der Waals surface area contributed by atoms with Crippen LogP contribution in [0, 0.1) is 13.7 Å². The minimum atomic E-state index is -0.599. The van der Waals surface area contributed by atoms with E-state index in [-0.39, 0.29) is 17.3 Å². The van der Waals surface area contributed by atoms with E-state index in [0.29, 0.717) is 22.6 Å². The molecule has 0 spiro atoms. The summed E-state index contributed by atoms with van der Waals surface area (Å²) in [7, 11) is 0. The van der Waals surface area contributed by atoms with E-state index in [1.165, 1.54) is 12.1 Å². The van der Waals surface area contributed by atoms with Crippen LogP contribution in [-0.4, -0.2) is 16.8 Å². The van der Waals surface area contributed by atoms with Crippen molar-refractivity contribution in [3.63, 3.8) is 0 Å². The number of nitro groups is 1. The summed E-state index contributed by atoms with van der Waals surface area (Å²) < 4.78 is 12.8. The largest absolute Gasteiger partial charge is 0.456 e. The van der Waals surface area contributed by atoms with Crippen molar-refractivity contribution in [2.45, 2.75) is 0 Å². The maximum absolute atomic E-state index is 12.2. The van der Waals surface area contributed by atoms with Crippen LogP contribution >= 0.6 is 38.5 Å². The maximum atomic E-state index is 12.2. The van der Waals surface area contributed by atoms with Crippen LogP contribution in [0.5, 0.6) is 0 Å². The molecule has 29 heavy (non-hydrogen) atoms. The fourth-order valence-corrected chi connectivity index (χ4v) is 3.43. The van der Waals surface area contributed by atoms with Crippen molar-refractivity contribution in [1.29, 1.82) is 0 Å². The zero-order valence-corrected chi connectivity index (χ0v) is 18.2. The average Bonchev–Trinajstić information content (AvgIpc) is 3.31. The van der Waals surface area contributed by atoms with Gasteiger partial charge in [0.05, 0.1) is 10.5 Å². The number of nitro benzene ring substituents is 1. The van der Waals surface area contributed by atoms with E-state index < -0.39 is 10.9 Å². The lowest BCUT2D eigenvalue weighted by Gasteiger charge is -2.01. The first-order valence-corrected chi connectivity index (χ1v) is 10.1. The van der Waals surface area contributed by atoms with Crippen LogP contribution in [0.1, 0.15) is 11.3 Å². The molecule has 1 aromatic heterocycles. The molecule has 0 aliphatic carbocycles. The third-order valence-corrected chi connectivity index (χ3v) is 6.40. The fourth-order valence-electron chi connectivity index (χ4n) is 2.71. The highest BCUT2D eigenvalue weighted by molar-refractivity contribution is 14.1. The van der Waals surface area contributed by atoms with E-state index >= 15 is 0 Å². The summed E-state index contributed by atoms with van der Waals surface area (Å²) in [5.41, 5.74) is 1.03. The third-order valence-electron chi connectivity index (χ3n) is 4.06. The number of halogens is 2. The highest BCUT2D eigenvalue weighted by Crippen LogP contribution is 2.32. The summed E-state index contributed by atoms with van der Waals surface area (Å²) in [5.74, 6) is 0.252. The number of cyclic esters (lactones) is 1. The second kappa shape index (κ2) is 7.91. The lowest BCUT2D eigenvalue weighted by Crippen LogP contribution is -2.05. The molecule has 0 radical (unpaired) electrons. The molecular weight excluding hydrogens is 555 g/mol. The summed E-state index contributed by atoms with van der Waals surface area (Å²) in [6.07, 6.45) is 1.44. The molecule has 2 heterocycles. The van der Waals surface area contributed by atoms with E-state index in [1.807, 2.05) is 12.1 Å². The molecule has 4 rings (SSSR count). The van der Waals surface area contributed by atoms with Crippen LogP contribution in [0.25, 0.3) is 17.4 Å². The van der Waals surface area contributed by atoms with Crippen molar-refractivity contribution in [1.82, 2.24) is 0 Å². The number of para-hydroxylation sites is 1. The van der Waals surface area contributed by atoms with Crippen molar-refractivity contribution in [2.24, 2.45) is 4.99 Å². The summed E-state index contributed by atoms with van der Waals surface area (Å²) in [6, 6.07) is 15.0. The normalized spacial score (nSPS) is 14.8. The summed E-state index contributed by atoms with van der Waals surface area (Å²) in [4.78, 5) is 27.2. The number of benzene rings is 2. The molecule has 0 saturated carbocycles. The van der Waals surface area contributed by atoms with Gasteiger partial charge in [0.15, 0.2) is 5.70 Å². The maximum Gasteiger partial charge on any atom is 0.363 e. The molecule has 0 fully saturated rings. The Bertz CT molecular complexity index is 1220. The Labute approximate surface area is 186 Å².